The van der Waals surface area contributed by atoms with Crippen molar-refractivity contribution < 1.29 is 14.4 Å². The van der Waals surface area contributed by atoms with Crippen LogP contribution in [-0.4, -0.2) is 13.3 Å². The Labute approximate surface area is 202 Å². The fourth-order valence-electron chi connectivity index (χ4n) is 5.48. The number of rotatable bonds is 6. The van der Waals surface area contributed by atoms with Crippen LogP contribution < -0.4 is 14.4 Å². The molecule has 1 N–H and O–H groups in total. The van der Waals surface area contributed by atoms with Crippen molar-refractivity contribution >= 4 is 11.6 Å². The van der Waals surface area contributed by atoms with Gasteiger partial charge in [0.1, 0.15) is 12.6 Å². The van der Waals surface area contributed by atoms with E-state index in [2.05, 4.69) is 69.3 Å². The normalized spacial score (nSPS) is 20.0. The molecule has 4 heteroatoms. The van der Waals surface area contributed by atoms with Crippen molar-refractivity contribution in [2.24, 2.45) is 5.92 Å². The standard InChI is InChI=1S/C29H32ClNO2/c1-19(2)14-21-4-8-23(9-5-21)20(3)29-26-16-28-27(32-18-33-28)15-24(26)12-13-31(29)17-22-6-10-25(30)11-7-22/h4-11,15-16,19-20,29H,12-14,17-18H2,1-3H3/p+1/t20-,29+/m0/s1. The number of benzene rings is 3. The van der Waals surface area contributed by atoms with Crippen LogP contribution in [0.3, 0.4) is 0 Å². The van der Waals surface area contributed by atoms with E-state index in [1.807, 2.05) is 12.1 Å². The van der Waals surface area contributed by atoms with Gasteiger partial charge in [0.2, 0.25) is 6.79 Å². The minimum Gasteiger partial charge on any atom is -0.454 e. The fraction of sp³-hybridized carbons (Fsp3) is 0.379. The van der Waals surface area contributed by atoms with Crippen LogP contribution in [0.5, 0.6) is 11.5 Å². The number of nitrogens with one attached hydrogen (secondary N) is 1. The molecule has 2 aliphatic heterocycles. The summed E-state index contributed by atoms with van der Waals surface area (Å²) in [6.07, 6.45) is 2.17. The average Bonchev–Trinajstić information content (AvgIpc) is 3.26. The molecule has 0 saturated carbocycles. The van der Waals surface area contributed by atoms with E-state index in [1.54, 1.807) is 4.90 Å². The minimum absolute atomic E-state index is 0.317. The zero-order valence-electron chi connectivity index (χ0n) is 19.7. The SMILES string of the molecule is CC(C)Cc1ccc([C@H](C)[C@@H]2c3cc4c(cc3CC[NH+]2Cc2ccc(Cl)cc2)OCO4)cc1. The summed E-state index contributed by atoms with van der Waals surface area (Å²) in [5, 5.41) is 0.789. The van der Waals surface area contributed by atoms with Gasteiger partial charge in [-0.25, -0.2) is 0 Å². The van der Waals surface area contributed by atoms with Gasteiger partial charge in [0.05, 0.1) is 6.54 Å². The van der Waals surface area contributed by atoms with E-state index in [0.29, 0.717) is 24.7 Å². The Hall–Kier alpha value is -2.49. The zero-order valence-corrected chi connectivity index (χ0v) is 20.5. The predicted molar refractivity (Wildman–Crippen MR) is 133 cm³/mol. The number of halogens is 1. The van der Waals surface area contributed by atoms with E-state index >= 15 is 0 Å². The molecule has 0 aliphatic carbocycles. The van der Waals surface area contributed by atoms with Gasteiger partial charge in [-0.05, 0) is 53.3 Å². The molecule has 0 bridgehead atoms. The third-order valence-corrected chi connectivity index (χ3v) is 7.37. The van der Waals surface area contributed by atoms with Crippen molar-refractivity contribution in [3.8, 4) is 11.5 Å². The number of fused-ring (bicyclic) bond motifs is 2. The molecule has 2 aliphatic rings. The first-order chi connectivity index (χ1) is 16.0. The quantitative estimate of drug-likeness (QED) is 0.503. The van der Waals surface area contributed by atoms with Crippen molar-refractivity contribution in [2.45, 2.75) is 52.1 Å². The highest BCUT2D eigenvalue weighted by molar-refractivity contribution is 6.30. The van der Waals surface area contributed by atoms with Crippen molar-refractivity contribution in [3.05, 3.63) is 93.5 Å². The summed E-state index contributed by atoms with van der Waals surface area (Å²) in [6, 6.07) is 22.4. The van der Waals surface area contributed by atoms with Gasteiger partial charge in [0, 0.05) is 28.5 Å². The van der Waals surface area contributed by atoms with Gasteiger partial charge in [-0.15, -0.1) is 0 Å². The lowest BCUT2D eigenvalue weighted by molar-refractivity contribution is -0.949. The molecule has 0 aromatic heterocycles. The number of hydrogen-bond donors (Lipinski definition) is 1. The molecule has 0 fully saturated rings. The zero-order chi connectivity index (χ0) is 22.9. The molecule has 172 valence electrons. The first-order valence-electron chi connectivity index (χ1n) is 12.1. The summed E-state index contributed by atoms with van der Waals surface area (Å²) in [5.74, 6) is 2.81. The molecule has 33 heavy (non-hydrogen) atoms. The van der Waals surface area contributed by atoms with Crippen LogP contribution in [0.4, 0.5) is 0 Å². The molecule has 0 spiro atoms. The van der Waals surface area contributed by atoms with E-state index < -0.39 is 0 Å². The van der Waals surface area contributed by atoms with Gasteiger partial charge in [-0.1, -0.05) is 68.8 Å². The first kappa shape index (κ1) is 22.3. The van der Waals surface area contributed by atoms with Gasteiger partial charge in [0.15, 0.2) is 11.5 Å². The Morgan fingerprint density at radius 2 is 1.58 bits per heavy atom. The second kappa shape index (κ2) is 9.40. The summed E-state index contributed by atoms with van der Waals surface area (Å²) in [7, 11) is 0. The van der Waals surface area contributed by atoms with E-state index in [9.17, 15) is 0 Å². The lowest BCUT2D eigenvalue weighted by atomic mass is 9.81. The smallest absolute Gasteiger partial charge is 0.231 e. The number of quaternary nitrogens is 1. The average molecular weight is 463 g/mol. The molecular weight excluding hydrogens is 430 g/mol. The highest BCUT2D eigenvalue weighted by Crippen LogP contribution is 2.41. The van der Waals surface area contributed by atoms with Crippen LogP contribution in [0.2, 0.25) is 5.02 Å². The Morgan fingerprint density at radius 3 is 2.27 bits per heavy atom. The highest BCUT2D eigenvalue weighted by Gasteiger charge is 2.37. The Kier molecular flexibility index (Phi) is 6.36. The predicted octanol–water partition coefficient (Wildman–Crippen LogP) is 5.75. The molecule has 3 atom stereocenters. The molecule has 3 aromatic rings. The summed E-state index contributed by atoms with van der Waals surface area (Å²) in [6.45, 7) is 9.32. The van der Waals surface area contributed by atoms with Gasteiger partial charge >= 0.3 is 0 Å². The number of ether oxygens (including phenoxy) is 2. The summed E-state index contributed by atoms with van der Waals surface area (Å²) in [5.41, 5.74) is 6.93. The molecule has 0 radical (unpaired) electrons. The molecule has 3 nitrogen and oxygen atoms in total. The number of hydrogen-bond acceptors (Lipinski definition) is 2. The van der Waals surface area contributed by atoms with E-state index in [4.69, 9.17) is 21.1 Å². The monoisotopic (exact) mass is 462 g/mol. The molecule has 1 unspecified atom stereocenters. The highest BCUT2D eigenvalue weighted by atomic mass is 35.5. The van der Waals surface area contributed by atoms with Crippen molar-refractivity contribution in [2.75, 3.05) is 13.3 Å². The molecular formula is C29H33ClNO2+. The van der Waals surface area contributed by atoms with Gasteiger partial charge in [-0.3, -0.25) is 0 Å². The van der Waals surface area contributed by atoms with Crippen LogP contribution in [0.15, 0.2) is 60.7 Å². The topological polar surface area (TPSA) is 22.9 Å². The van der Waals surface area contributed by atoms with Crippen LogP contribution in [0.1, 0.15) is 60.5 Å². The van der Waals surface area contributed by atoms with Crippen molar-refractivity contribution in [3.63, 3.8) is 0 Å². The second-order valence-corrected chi connectivity index (χ2v) is 10.4. The second-order valence-electron chi connectivity index (χ2n) is 9.97. The lowest BCUT2D eigenvalue weighted by Crippen LogP contribution is -3.12. The van der Waals surface area contributed by atoms with Crippen LogP contribution in [0.25, 0.3) is 0 Å². The maximum atomic E-state index is 6.15. The first-order valence-corrected chi connectivity index (χ1v) is 12.5. The Morgan fingerprint density at radius 1 is 0.909 bits per heavy atom. The molecule has 5 rings (SSSR count). The summed E-state index contributed by atoms with van der Waals surface area (Å²) in [4.78, 5) is 1.59. The summed E-state index contributed by atoms with van der Waals surface area (Å²) >= 11 is 6.15. The Balaban J connectivity index is 1.49. The van der Waals surface area contributed by atoms with E-state index in [1.165, 1.54) is 27.8 Å². The van der Waals surface area contributed by atoms with E-state index in [-0.39, 0.29) is 0 Å². The van der Waals surface area contributed by atoms with Crippen LogP contribution in [-0.2, 0) is 19.4 Å². The maximum absolute atomic E-state index is 6.15. The molecule has 3 aromatic carbocycles. The van der Waals surface area contributed by atoms with Crippen molar-refractivity contribution in [1.29, 1.82) is 0 Å². The largest absolute Gasteiger partial charge is 0.454 e. The van der Waals surface area contributed by atoms with Gasteiger partial charge in [-0.2, -0.15) is 0 Å². The third kappa shape index (κ3) is 4.76. The van der Waals surface area contributed by atoms with Gasteiger partial charge < -0.3 is 14.4 Å². The lowest BCUT2D eigenvalue weighted by Gasteiger charge is -2.38. The van der Waals surface area contributed by atoms with Crippen LogP contribution in [0, 0.1) is 5.92 Å². The van der Waals surface area contributed by atoms with Gasteiger partial charge in [0.25, 0.3) is 0 Å². The molecule has 2 heterocycles. The fourth-order valence-corrected chi connectivity index (χ4v) is 5.61. The summed E-state index contributed by atoms with van der Waals surface area (Å²) < 4.78 is 11.5. The molecule has 0 saturated heterocycles. The van der Waals surface area contributed by atoms with E-state index in [0.717, 1.165) is 42.5 Å². The molecule has 0 amide bonds. The maximum Gasteiger partial charge on any atom is 0.231 e. The third-order valence-electron chi connectivity index (χ3n) is 7.12. The minimum atomic E-state index is 0.317. The van der Waals surface area contributed by atoms with Crippen molar-refractivity contribution in [1.82, 2.24) is 0 Å². The Bertz CT molecular complexity index is 1110. The van der Waals surface area contributed by atoms with Crippen LogP contribution >= 0.6 is 11.6 Å².